The number of hydrogen-bond donors (Lipinski definition) is 0. The van der Waals surface area contributed by atoms with Crippen LogP contribution >= 0.6 is 0 Å². The minimum Gasteiger partial charge on any atom is -0.309 e. The number of rotatable bonds is 4. The minimum atomic E-state index is 1.16. The van der Waals surface area contributed by atoms with Gasteiger partial charge in [0.1, 0.15) is 0 Å². The molecule has 0 saturated carbocycles. The van der Waals surface area contributed by atoms with Crippen LogP contribution in [0.4, 0.5) is 0 Å². The van der Waals surface area contributed by atoms with Crippen molar-refractivity contribution >= 4 is 75.9 Å². The molecule has 0 atom stereocenters. The van der Waals surface area contributed by atoms with Crippen molar-refractivity contribution in [3.8, 4) is 33.6 Å². The number of hydrogen-bond acceptors (Lipinski definition) is 0. The van der Waals surface area contributed by atoms with Crippen molar-refractivity contribution < 1.29 is 0 Å². The van der Waals surface area contributed by atoms with Gasteiger partial charge in [0, 0.05) is 32.9 Å². The lowest BCUT2D eigenvalue weighted by Crippen LogP contribution is -1.95. The Labute approximate surface area is 323 Å². The normalized spacial score (nSPS) is 11.9. The fraction of sp³-hybridized carbons (Fsp3) is 0. The van der Waals surface area contributed by atoms with Gasteiger partial charge in [0.2, 0.25) is 0 Å². The van der Waals surface area contributed by atoms with Crippen LogP contribution in [0.3, 0.4) is 0 Å². The first-order chi connectivity index (χ1) is 27.8. The molecule has 2 heteroatoms. The van der Waals surface area contributed by atoms with E-state index in [0.29, 0.717) is 0 Å². The van der Waals surface area contributed by atoms with Gasteiger partial charge in [-0.2, -0.15) is 0 Å². The highest BCUT2D eigenvalue weighted by atomic mass is 15.0. The van der Waals surface area contributed by atoms with E-state index in [9.17, 15) is 0 Å². The molecule has 2 nitrogen and oxygen atoms in total. The van der Waals surface area contributed by atoms with Crippen LogP contribution in [0.25, 0.3) is 110 Å². The van der Waals surface area contributed by atoms with Gasteiger partial charge in [0.25, 0.3) is 0 Å². The third-order valence-corrected chi connectivity index (χ3v) is 11.9. The quantitative estimate of drug-likeness (QED) is 0.161. The van der Waals surface area contributed by atoms with E-state index < -0.39 is 0 Å². The monoisotopic (exact) mass is 710 g/mol. The summed E-state index contributed by atoms with van der Waals surface area (Å²) in [6, 6.07) is 75.7. The third-order valence-electron chi connectivity index (χ3n) is 11.9. The van der Waals surface area contributed by atoms with Gasteiger partial charge in [0.05, 0.1) is 22.1 Å². The van der Waals surface area contributed by atoms with E-state index in [2.05, 4.69) is 215 Å². The molecule has 0 unspecified atom stereocenters. The smallest absolute Gasteiger partial charge is 0.0541 e. The maximum Gasteiger partial charge on any atom is 0.0541 e. The van der Waals surface area contributed by atoms with Crippen molar-refractivity contribution in [2.75, 3.05) is 0 Å². The fourth-order valence-corrected chi connectivity index (χ4v) is 9.43. The molecular weight excluding hydrogens is 677 g/mol. The Morgan fingerprint density at radius 1 is 0.232 bits per heavy atom. The molecule has 0 amide bonds. The summed E-state index contributed by atoms with van der Waals surface area (Å²) in [6.07, 6.45) is 0. The Morgan fingerprint density at radius 2 is 0.714 bits per heavy atom. The van der Waals surface area contributed by atoms with Gasteiger partial charge in [0.15, 0.2) is 0 Å². The van der Waals surface area contributed by atoms with E-state index in [1.54, 1.807) is 0 Å². The van der Waals surface area contributed by atoms with Crippen LogP contribution in [-0.2, 0) is 0 Å². The van der Waals surface area contributed by atoms with Gasteiger partial charge in [-0.1, -0.05) is 146 Å². The maximum absolute atomic E-state index is 2.46. The van der Waals surface area contributed by atoms with E-state index in [0.717, 1.165) is 5.69 Å². The predicted molar refractivity (Wildman–Crippen MR) is 239 cm³/mol. The van der Waals surface area contributed by atoms with Crippen molar-refractivity contribution in [1.29, 1.82) is 0 Å². The van der Waals surface area contributed by atoms with E-state index in [1.165, 1.54) is 104 Å². The highest BCUT2D eigenvalue weighted by Gasteiger charge is 2.18. The van der Waals surface area contributed by atoms with Gasteiger partial charge >= 0.3 is 0 Å². The van der Waals surface area contributed by atoms with Crippen LogP contribution in [0.15, 0.2) is 206 Å². The molecule has 10 aromatic carbocycles. The molecule has 2 aromatic heterocycles. The molecule has 2 heterocycles. The molecule has 0 aliphatic rings. The SMILES string of the molecule is c1ccc(-c2cccc3c4ccccc4c4ccc(-n5c6ccccc6c6cc(-c7ccc8c(c7)c7ccccc7n8-c7ccccc7)ccc65)cc4c23)cc1. The summed E-state index contributed by atoms with van der Waals surface area (Å²) in [4.78, 5) is 0. The first-order valence-electron chi connectivity index (χ1n) is 19.4. The van der Waals surface area contributed by atoms with Gasteiger partial charge in [-0.3, -0.25) is 0 Å². The standard InChI is InChI=1S/C54H34N2/c1-3-14-35(15-4-1)40-22-13-23-46-42-19-8-7-18-41(42)43-29-28-39(34-49(43)54(40)46)56-51-25-12-10-21-45(51)48-33-37(27-31-53(48)56)36-26-30-52-47(32-36)44-20-9-11-24-50(44)55(52)38-16-5-2-6-17-38/h1-34H. The second-order valence-electron chi connectivity index (χ2n) is 14.9. The molecule has 12 rings (SSSR count). The molecule has 0 radical (unpaired) electrons. The molecule has 0 bridgehead atoms. The van der Waals surface area contributed by atoms with Crippen LogP contribution in [0.5, 0.6) is 0 Å². The van der Waals surface area contributed by atoms with Gasteiger partial charge in [-0.05, 0) is 115 Å². The molecule has 0 aliphatic heterocycles. The van der Waals surface area contributed by atoms with E-state index in [1.807, 2.05) is 0 Å². The topological polar surface area (TPSA) is 9.86 Å². The lowest BCUT2D eigenvalue weighted by molar-refractivity contribution is 1.18. The maximum atomic E-state index is 2.46. The predicted octanol–water partition coefficient (Wildman–Crippen LogP) is 14.7. The lowest BCUT2D eigenvalue weighted by atomic mass is 9.89. The van der Waals surface area contributed by atoms with Gasteiger partial charge < -0.3 is 9.13 Å². The van der Waals surface area contributed by atoms with Crippen molar-refractivity contribution in [1.82, 2.24) is 9.13 Å². The average molecular weight is 711 g/mol. The van der Waals surface area contributed by atoms with Crippen LogP contribution in [-0.4, -0.2) is 9.13 Å². The second kappa shape index (κ2) is 12.0. The van der Waals surface area contributed by atoms with Crippen molar-refractivity contribution in [2.45, 2.75) is 0 Å². The molecule has 260 valence electrons. The summed E-state index contributed by atoms with van der Waals surface area (Å²) < 4.78 is 4.83. The summed E-state index contributed by atoms with van der Waals surface area (Å²) in [6.45, 7) is 0. The Kier molecular flexibility index (Phi) is 6.66. The molecule has 0 aliphatic carbocycles. The van der Waals surface area contributed by atoms with Crippen molar-refractivity contribution in [3.63, 3.8) is 0 Å². The number of nitrogens with zero attached hydrogens (tertiary/aromatic N) is 2. The summed E-state index contributed by atoms with van der Waals surface area (Å²) in [7, 11) is 0. The van der Waals surface area contributed by atoms with Gasteiger partial charge in [-0.25, -0.2) is 0 Å². The molecule has 0 saturated heterocycles. The van der Waals surface area contributed by atoms with Crippen molar-refractivity contribution in [3.05, 3.63) is 206 Å². The van der Waals surface area contributed by atoms with Crippen LogP contribution < -0.4 is 0 Å². The molecular formula is C54H34N2. The average Bonchev–Trinajstić information content (AvgIpc) is 3.79. The highest BCUT2D eigenvalue weighted by molar-refractivity contribution is 6.29. The second-order valence-corrected chi connectivity index (χ2v) is 14.9. The van der Waals surface area contributed by atoms with Crippen LogP contribution in [0, 0.1) is 0 Å². The molecule has 12 aromatic rings. The summed E-state index contributed by atoms with van der Waals surface area (Å²) in [5.41, 5.74) is 12.1. The largest absolute Gasteiger partial charge is 0.309 e. The van der Waals surface area contributed by atoms with Gasteiger partial charge in [-0.15, -0.1) is 0 Å². The van der Waals surface area contributed by atoms with Crippen LogP contribution in [0.2, 0.25) is 0 Å². The van der Waals surface area contributed by atoms with Crippen molar-refractivity contribution in [2.24, 2.45) is 0 Å². The molecule has 0 fully saturated rings. The Balaban J connectivity index is 1.08. The van der Waals surface area contributed by atoms with E-state index >= 15 is 0 Å². The summed E-state index contributed by atoms with van der Waals surface area (Å²) in [5.74, 6) is 0. The first kappa shape index (κ1) is 31.0. The summed E-state index contributed by atoms with van der Waals surface area (Å²) >= 11 is 0. The zero-order chi connectivity index (χ0) is 36.7. The summed E-state index contributed by atoms with van der Waals surface area (Å²) in [5, 5.41) is 12.7. The number of para-hydroxylation sites is 3. The highest BCUT2D eigenvalue weighted by Crippen LogP contribution is 2.43. The third kappa shape index (κ3) is 4.50. The Hall–Kier alpha value is -7.42. The first-order valence-corrected chi connectivity index (χ1v) is 19.4. The number of aromatic nitrogens is 2. The van der Waals surface area contributed by atoms with Crippen LogP contribution in [0.1, 0.15) is 0 Å². The minimum absolute atomic E-state index is 1.16. The lowest BCUT2D eigenvalue weighted by Gasteiger charge is -2.16. The number of benzene rings is 10. The fourth-order valence-electron chi connectivity index (χ4n) is 9.43. The Morgan fingerprint density at radius 3 is 1.36 bits per heavy atom. The molecule has 0 spiro atoms. The van der Waals surface area contributed by atoms with E-state index in [-0.39, 0.29) is 0 Å². The zero-order valence-corrected chi connectivity index (χ0v) is 30.5. The molecule has 0 N–H and O–H groups in total. The van der Waals surface area contributed by atoms with E-state index in [4.69, 9.17) is 0 Å². The zero-order valence-electron chi connectivity index (χ0n) is 30.5. The Bertz CT molecular complexity index is 3510. The molecule has 56 heavy (non-hydrogen) atoms. The number of fused-ring (bicyclic) bond motifs is 12.